The summed E-state index contributed by atoms with van der Waals surface area (Å²) >= 11 is 0. The summed E-state index contributed by atoms with van der Waals surface area (Å²) in [6.07, 6.45) is 1.19. The van der Waals surface area contributed by atoms with Gasteiger partial charge in [0.15, 0.2) is 0 Å². The van der Waals surface area contributed by atoms with E-state index in [2.05, 4.69) is 5.32 Å². The van der Waals surface area contributed by atoms with Gasteiger partial charge in [-0.2, -0.15) is 13.2 Å². The van der Waals surface area contributed by atoms with Gasteiger partial charge in [0.05, 0.1) is 10.4 Å². The standard InChI is InChI=1S/C19H22F4N4O4S/c20-15-9-14(32(30,31)19(21,22)23)2-1-13(15)10-25-5-7-26(8-6-25)17(29)27-11-18(12-27)4-3-16(28)24-18/h1-2,9H,3-8,10-12H2,(H,24,28). The molecule has 3 fully saturated rings. The second kappa shape index (κ2) is 7.87. The van der Waals surface area contributed by atoms with Crippen molar-refractivity contribution < 1.29 is 35.6 Å². The molecule has 1 aromatic rings. The highest BCUT2D eigenvalue weighted by atomic mass is 32.2. The Hall–Kier alpha value is -2.41. The number of nitrogens with zero attached hydrogens (tertiary/aromatic N) is 3. The molecule has 3 heterocycles. The van der Waals surface area contributed by atoms with Crippen molar-refractivity contribution in [2.24, 2.45) is 0 Å². The summed E-state index contributed by atoms with van der Waals surface area (Å²) in [7, 11) is -5.61. The van der Waals surface area contributed by atoms with Crippen molar-refractivity contribution in [3.8, 4) is 0 Å². The fourth-order valence-electron chi connectivity index (χ4n) is 4.33. The normalized spacial score (nSPS) is 21.6. The van der Waals surface area contributed by atoms with E-state index in [9.17, 15) is 35.6 Å². The number of sulfone groups is 1. The smallest absolute Gasteiger partial charge is 0.347 e. The van der Waals surface area contributed by atoms with Gasteiger partial charge in [-0.05, 0) is 18.6 Å². The molecule has 1 aromatic carbocycles. The SMILES string of the molecule is O=C1CCC2(CN(C(=O)N3CCN(Cc4ccc(S(=O)(=O)C(F)(F)F)cc4F)CC3)C2)N1. The zero-order valence-electron chi connectivity index (χ0n) is 17.0. The molecule has 0 aliphatic carbocycles. The molecular formula is C19H22F4N4O4S. The fraction of sp³-hybridized carbons (Fsp3) is 0.579. The number of hydrogen-bond acceptors (Lipinski definition) is 5. The minimum Gasteiger partial charge on any atom is -0.347 e. The third kappa shape index (κ3) is 4.15. The number of carbonyl (C=O) groups is 2. The Balaban J connectivity index is 1.30. The number of benzene rings is 1. The van der Waals surface area contributed by atoms with Crippen LogP contribution in [0, 0.1) is 5.82 Å². The van der Waals surface area contributed by atoms with Crippen molar-refractivity contribution in [2.45, 2.75) is 35.3 Å². The summed E-state index contributed by atoms with van der Waals surface area (Å²) in [4.78, 5) is 28.1. The molecule has 0 aromatic heterocycles. The molecule has 0 radical (unpaired) electrons. The van der Waals surface area contributed by atoms with Crippen molar-refractivity contribution in [1.29, 1.82) is 0 Å². The Bertz CT molecular complexity index is 1030. The summed E-state index contributed by atoms with van der Waals surface area (Å²) in [6.45, 7) is 2.71. The highest BCUT2D eigenvalue weighted by molar-refractivity contribution is 7.92. The third-order valence-electron chi connectivity index (χ3n) is 6.17. The predicted octanol–water partition coefficient (Wildman–Crippen LogP) is 1.32. The Morgan fingerprint density at radius 2 is 1.75 bits per heavy atom. The van der Waals surface area contributed by atoms with Gasteiger partial charge in [0.2, 0.25) is 5.91 Å². The number of urea groups is 1. The molecule has 3 amide bonds. The van der Waals surface area contributed by atoms with Crippen LogP contribution in [0.25, 0.3) is 0 Å². The molecule has 0 saturated carbocycles. The second-order valence-corrected chi connectivity index (χ2v) is 10.4. The summed E-state index contributed by atoms with van der Waals surface area (Å²) < 4.78 is 75.1. The summed E-state index contributed by atoms with van der Waals surface area (Å²) in [5.74, 6) is -1.03. The minimum absolute atomic E-state index is 0.00184. The van der Waals surface area contributed by atoms with Crippen LogP contribution in [0.5, 0.6) is 0 Å². The van der Waals surface area contributed by atoms with Gasteiger partial charge in [0.25, 0.3) is 9.84 Å². The molecule has 0 unspecified atom stereocenters. The van der Waals surface area contributed by atoms with Crippen molar-refractivity contribution in [3.63, 3.8) is 0 Å². The average molecular weight is 478 g/mol. The van der Waals surface area contributed by atoms with Gasteiger partial charge in [-0.1, -0.05) is 6.07 Å². The number of piperazine rings is 1. The van der Waals surface area contributed by atoms with Crippen LogP contribution in [0.2, 0.25) is 0 Å². The molecule has 0 atom stereocenters. The molecule has 8 nitrogen and oxygen atoms in total. The quantitative estimate of drug-likeness (QED) is 0.662. The van der Waals surface area contributed by atoms with Crippen molar-refractivity contribution >= 4 is 21.8 Å². The first-order chi connectivity index (χ1) is 14.9. The molecular weight excluding hydrogens is 456 g/mol. The lowest BCUT2D eigenvalue weighted by Crippen LogP contribution is -2.70. The van der Waals surface area contributed by atoms with E-state index in [4.69, 9.17) is 0 Å². The zero-order chi connectivity index (χ0) is 23.3. The Morgan fingerprint density at radius 1 is 1.09 bits per heavy atom. The highest BCUT2D eigenvalue weighted by Gasteiger charge is 2.50. The van der Waals surface area contributed by atoms with Gasteiger partial charge in [-0.3, -0.25) is 9.69 Å². The molecule has 176 valence electrons. The fourth-order valence-corrected chi connectivity index (χ4v) is 5.10. The number of hydrogen-bond donors (Lipinski definition) is 1. The molecule has 32 heavy (non-hydrogen) atoms. The van der Waals surface area contributed by atoms with E-state index >= 15 is 0 Å². The van der Waals surface area contributed by atoms with Crippen LogP contribution in [0.4, 0.5) is 22.4 Å². The van der Waals surface area contributed by atoms with Crippen molar-refractivity contribution in [1.82, 2.24) is 20.0 Å². The predicted molar refractivity (Wildman–Crippen MR) is 104 cm³/mol. The van der Waals surface area contributed by atoms with Crippen LogP contribution in [0.15, 0.2) is 23.1 Å². The Kier molecular flexibility index (Phi) is 5.60. The van der Waals surface area contributed by atoms with E-state index in [1.807, 2.05) is 4.90 Å². The minimum atomic E-state index is -5.61. The van der Waals surface area contributed by atoms with Crippen LogP contribution in [-0.4, -0.2) is 85.4 Å². The maximum atomic E-state index is 14.3. The van der Waals surface area contributed by atoms with Gasteiger partial charge in [-0.25, -0.2) is 17.6 Å². The lowest BCUT2D eigenvalue weighted by Gasteiger charge is -2.49. The number of carbonyl (C=O) groups excluding carboxylic acids is 2. The lowest BCUT2D eigenvalue weighted by atomic mass is 9.88. The molecule has 3 aliphatic heterocycles. The summed E-state index contributed by atoms with van der Waals surface area (Å²) in [5.41, 5.74) is -5.71. The largest absolute Gasteiger partial charge is 0.501 e. The van der Waals surface area contributed by atoms with E-state index in [0.29, 0.717) is 51.8 Å². The molecule has 13 heteroatoms. The molecule has 3 saturated heterocycles. The van der Waals surface area contributed by atoms with Crippen LogP contribution >= 0.6 is 0 Å². The van der Waals surface area contributed by atoms with Crippen LogP contribution in [0.3, 0.4) is 0 Å². The van der Waals surface area contributed by atoms with Gasteiger partial charge in [-0.15, -0.1) is 0 Å². The van der Waals surface area contributed by atoms with E-state index in [0.717, 1.165) is 18.6 Å². The maximum Gasteiger partial charge on any atom is 0.501 e. The highest BCUT2D eigenvalue weighted by Crippen LogP contribution is 2.32. The van der Waals surface area contributed by atoms with E-state index in [1.54, 1.807) is 9.80 Å². The number of amides is 3. The second-order valence-electron chi connectivity index (χ2n) is 8.43. The summed E-state index contributed by atoms with van der Waals surface area (Å²) in [6, 6.07) is 2.06. The van der Waals surface area contributed by atoms with Crippen LogP contribution < -0.4 is 5.32 Å². The Morgan fingerprint density at radius 3 is 2.28 bits per heavy atom. The van der Waals surface area contributed by atoms with Crippen molar-refractivity contribution in [3.05, 3.63) is 29.6 Å². The number of halogens is 4. The molecule has 1 spiro atoms. The van der Waals surface area contributed by atoms with E-state index < -0.39 is 26.1 Å². The first-order valence-electron chi connectivity index (χ1n) is 10.1. The first kappa shape index (κ1) is 22.8. The number of likely N-dealkylation sites (tertiary alicyclic amines) is 1. The third-order valence-corrected chi connectivity index (χ3v) is 7.65. The van der Waals surface area contributed by atoms with E-state index in [1.165, 1.54) is 0 Å². The van der Waals surface area contributed by atoms with Gasteiger partial charge < -0.3 is 15.1 Å². The van der Waals surface area contributed by atoms with Gasteiger partial charge >= 0.3 is 11.5 Å². The van der Waals surface area contributed by atoms with Gasteiger partial charge in [0, 0.05) is 57.8 Å². The Labute approximate surface area is 182 Å². The van der Waals surface area contributed by atoms with Crippen LogP contribution in [0.1, 0.15) is 18.4 Å². The molecule has 4 rings (SSSR count). The lowest BCUT2D eigenvalue weighted by molar-refractivity contribution is -0.120. The summed E-state index contributed by atoms with van der Waals surface area (Å²) in [5, 5.41) is 2.92. The van der Waals surface area contributed by atoms with Crippen LogP contribution in [-0.2, 0) is 21.2 Å². The first-order valence-corrected chi connectivity index (χ1v) is 11.6. The number of nitrogens with one attached hydrogen (secondary N) is 1. The van der Waals surface area contributed by atoms with Crippen molar-refractivity contribution in [2.75, 3.05) is 39.3 Å². The number of alkyl halides is 3. The maximum absolute atomic E-state index is 14.3. The number of rotatable bonds is 3. The van der Waals surface area contributed by atoms with E-state index in [-0.39, 0.29) is 29.6 Å². The topological polar surface area (TPSA) is 90.0 Å². The molecule has 1 N–H and O–H groups in total. The molecule has 3 aliphatic rings. The van der Waals surface area contributed by atoms with Gasteiger partial charge in [0.1, 0.15) is 5.82 Å². The zero-order valence-corrected chi connectivity index (χ0v) is 17.8. The average Bonchev–Trinajstić information content (AvgIpc) is 3.09. The molecule has 0 bridgehead atoms. The monoisotopic (exact) mass is 478 g/mol.